The van der Waals surface area contributed by atoms with Crippen molar-refractivity contribution in [3.05, 3.63) is 87.6 Å². The van der Waals surface area contributed by atoms with E-state index in [-0.39, 0.29) is 30.0 Å². The summed E-state index contributed by atoms with van der Waals surface area (Å²) in [5.41, 5.74) is 3.74. The van der Waals surface area contributed by atoms with Crippen LogP contribution in [0.3, 0.4) is 0 Å². The van der Waals surface area contributed by atoms with E-state index in [0.717, 1.165) is 22.3 Å². The number of carbonyl (C=O) groups excluding carboxylic acids is 1. The minimum absolute atomic E-state index is 0.0712. The van der Waals surface area contributed by atoms with Crippen molar-refractivity contribution in [2.45, 2.75) is 26.7 Å². The molecule has 1 N–H and O–H groups in total. The van der Waals surface area contributed by atoms with Crippen LogP contribution in [0.4, 0.5) is 10.1 Å². The minimum Gasteiger partial charge on any atom is -0.324 e. The van der Waals surface area contributed by atoms with Crippen LogP contribution in [0.2, 0.25) is 0 Å². The van der Waals surface area contributed by atoms with E-state index < -0.39 is 5.82 Å². The number of para-hydroxylation sites is 2. The van der Waals surface area contributed by atoms with Crippen LogP contribution in [0, 0.1) is 19.7 Å². The summed E-state index contributed by atoms with van der Waals surface area (Å²) in [7, 11) is 1.72. The molecular formula is C24H23FN4O2. The Bertz CT molecular complexity index is 1340. The third-order valence-electron chi connectivity index (χ3n) is 5.49. The van der Waals surface area contributed by atoms with Gasteiger partial charge in [0.2, 0.25) is 5.91 Å². The number of hydrogen-bond acceptors (Lipinski definition) is 3. The maximum absolute atomic E-state index is 13.8. The van der Waals surface area contributed by atoms with Crippen molar-refractivity contribution in [1.82, 2.24) is 14.3 Å². The fraction of sp³-hybridized carbons (Fsp3) is 0.208. The first kappa shape index (κ1) is 20.5. The number of nitrogens with one attached hydrogen (secondary N) is 1. The van der Waals surface area contributed by atoms with Crippen LogP contribution in [0.15, 0.2) is 59.4 Å². The van der Waals surface area contributed by atoms with Crippen molar-refractivity contribution in [3.63, 3.8) is 0 Å². The average Bonchev–Trinajstić information content (AvgIpc) is 3.12. The fourth-order valence-electron chi connectivity index (χ4n) is 3.93. The Morgan fingerprint density at radius 2 is 1.74 bits per heavy atom. The normalized spacial score (nSPS) is 11.1. The lowest BCUT2D eigenvalue weighted by molar-refractivity contribution is -0.116. The highest BCUT2D eigenvalue weighted by atomic mass is 19.1. The Balaban J connectivity index is 1.68. The highest BCUT2D eigenvalue weighted by Crippen LogP contribution is 2.26. The fourth-order valence-corrected chi connectivity index (χ4v) is 3.93. The van der Waals surface area contributed by atoms with E-state index in [9.17, 15) is 14.0 Å². The van der Waals surface area contributed by atoms with Gasteiger partial charge in [0, 0.05) is 24.4 Å². The minimum atomic E-state index is -0.492. The van der Waals surface area contributed by atoms with Gasteiger partial charge < -0.3 is 5.32 Å². The molecule has 0 saturated carbocycles. The van der Waals surface area contributed by atoms with Gasteiger partial charge in [-0.3, -0.25) is 14.2 Å². The van der Waals surface area contributed by atoms with Gasteiger partial charge in [-0.2, -0.15) is 5.10 Å². The number of amides is 1. The predicted octanol–water partition coefficient (Wildman–Crippen LogP) is 4.05. The summed E-state index contributed by atoms with van der Waals surface area (Å²) < 4.78 is 17.1. The van der Waals surface area contributed by atoms with E-state index in [1.54, 1.807) is 28.4 Å². The topological polar surface area (TPSA) is 68.9 Å². The molecule has 2 heterocycles. The van der Waals surface area contributed by atoms with Crippen LogP contribution < -0.4 is 10.9 Å². The summed E-state index contributed by atoms with van der Waals surface area (Å²) >= 11 is 0. The molecule has 4 rings (SSSR count). The second-order valence-corrected chi connectivity index (χ2v) is 7.53. The number of anilines is 1. The van der Waals surface area contributed by atoms with E-state index >= 15 is 0 Å². The maximum Gasteiger partial charge on any atom is 0.255 e. The van der Waals surface area contributed by atoms with E-state index in [1.165, 1.54) is 12.1 Å². The Labute approximate surface area is 178 Å². The molecule has 0 unspecified atom stereocenters. The van der Waals surface area contributed by atoms with E-state index in [2.05, 4.69) is 10.4 Å². The van der Waals surface area contributed by atoms with Gasteiger partial charge in [0.1, 0.15) is 11.5 Å². The van der Waals surface area contributed by atoms with Gasteiger partial charge in [0.15, 0.2) is 0 Å². The number of hydrogen-bond donors (Lipinski definition) is 1. The first-order chi connectivity index (χ1) is 14.9. The number of rotatable bonds is 5. The van der Waals surface area contributed by atoms with Crippen molar-refractivity contribution in [3.8, 4) is 5.69 Å². The lowest BCUT2D eigenvalue weighted by Gasteiger charge is -2.13. The lowest BCUT2D eigenvalue weighted by atomic mass is 10.0. The SMILES string of the molecule is Cc1nn(-c2ccccc2)c2c1c(C)c(CCC(=O)Nc1ccccc1F)c(=O)n2C. The highest BCUT2D eigenvalue weighted by Gasteiger charge is 2.20. The molecule has 0 bridgehead atoms. The molecule has 0 atom stereocenters. The van der Waals surface area contributed by atoms with Crippen LogP contribution in [0.5, 0.6) is 0 Å². The lowest BCUT2D eigenvalue weighted by Crippen LogP contribution is -2.25. The monoisotopic (exact) mass is 418 g/mol. The quantitative estimate of drug-likeness (QED) is 0.532. The first-order valence-electron chi connectivity index (χ1n) is 10.1. The van der Waals surface area contributed by atoms with Crippen molar-refractivity contribution >= 4 is 22.6 Å². The van der Waals surface area contributed by atoms with Gasteiger partial charge in [0.25, 0.3) is 5.56 Å². The molecule has 0 aliphatic heterocycles. The second kappa shape index (κ2) is 8.18. The third kappa shape index (κ3) is 3.74. The summed E-state index contributed by atoms with van der Waals surface area (Å²) in [6.07, 6.45) is 0.326. The van der Waals surface area contributed by atoms with Crippen LogP contribution >= 0.6 is 0 Å². The molecule has 0 spiro atoms. The van der Waals surface area contributed by atoms with Crippen molar-refractivity contribution in [2.24, 2.45) is 7.05 Å². The maximum atomic E-state index is 13.8. The second-order valence-electron chi connectivity index (χ2n) is 7.53. The highest BCUT2D eigenvalue weighted by molar-refractivity contribution is 5.91. The molecule has 0 fully saturated rings. The molecule has 0 aliphatic rings. The number of aryl methyl sites for hydroxylation is 3. The number of carbonyl (C=O) groups is 1. The summed E-state index contributed by atoms with van der Waals surface area (Å²) in [5.74, 6) is -0.836. The summed E-state index contributed by atoms with van der Waals surface area (Å²) in [5, 5.41) is 8.13. The van der Waals surface area contributed by atoms with Crippen molar-refractivity contribution < 1.29 is 9.18 Å². The zero-order valence-electron chi connectivity index (χ0n) is 17.6. The number of benzene rings is 2. The average molecular weight is 418 g/mol. The molecule has 31 heavy (non-hydrogen) atoms. The molecule has 6 nitrogen and oxygen atoms in total. The molecule has 2 aromatic heterocycles. The molecular weight excluding hydrogens is 395 g/mol. The van der Waals surface area contributed by atoms with Crippen molar-refractivity contribution in [2.75, 3.05) is 5.32 Å². The Morgan fingerprint density at radius 1 is 1.06 bits per heavy atom. The standard InChI is InChI=1S/C24H23FN4O2/c1-15-18(13-14-21(30)26-20-12-8-7-11-19(20)25)24(31)28(3)23-22(15)16(2)27-29(23)17-9-5-4-6-10-17/h4-12H,13-14H2,1-3H3,(H,26,30). The largest absolute Gasteiger partial charge is 0.324 e. The Morgan fingerprint density at radius 3 is 2.45 bits per heavy atom. The number of halogens is 1. The third-order valence-corrected chi connectivity index (χ3v) is 5.49. The van der Waals surface area contributed by atoms with Gasteiger partial charge in [-0.1, -0.05) is 30.3 Å². The van der Waals surface area contributed by atoms with Crippen LogP contribution in [0.25, 0.3) is 16.7 Å². The van der Waals surface area contributed by atoms with E-state index in [4.69, 9.17) is 0 Å². The van der Waals surface area contributed by atoms with Crippen molar-refractivity contribution in [1.29, 1.82) is 0 Å². The summed E-state index contributed by atoms with van der Waals surface area (Å²) in [4.78, 5) is 25.5. The number of aromatic nitrogens is 3. The number of pyridine rings is 1. The van der Waals surface area contributed by atoms with E-state index in [0.29, 0.717) is 11.2 Å². The summed E-state index contributed by atoms with van der Waals surface area (Å²) in [6, 6.07) is 15.7. The van der Waals surface area contributed by atoms with Gasteiger partial charge in [-0.15, -0.1) is 0 Å². The summed E-state index contributed by atoms with van der Waals surface area (Å²) in [6.45, 7) is 3.80. The van der Waals surface area contributed by atoms with Crippen LogP contribution in [-0.2, 0) is 18.3 Å². The molecule has 4 aromatic rings. The first-order valence-corrected chi connectivity index (χ1v) is 10.1. The van der Waals surface area contributed by atoms with Crippen LogP contribution in [0.1, 0.15) is 23.2 Å². The smallest absolute Gasteiger partial charge is 0.255 e. The molecule has 0 aliphatic carbocycles. The Hall–Kier alpha value is -3.74. The molecule has 0 radical (unpaired) electrons. The predicted molar refractivity (Wildman–Crippen MR) is 119 cm³/mol. The number of nitrogens with zero attached hydrogens (tertiary/aromatic N) is 3. The van der Waals surface area contributed by atoms with Gasteiger partial charge >= 0.3 is 0 Å². The molecule has 158 valence electrons. The van der Waals surface area contributed by atoms with Gasteiger partial charge in [0.05, 0.1) is 17.1 Å². The van der Waals surface area contributed by atoms with Gasteiger partial charge in [-0.05, 0) is 50.1 Å². The molecule has 0 saturated heterocycles. The zero-order valence-corrected chi connectivity index (χ0v) is 17.6. The van der Waals surface area contributed by atoms with E-state index in [1.807, 2.05) is 44.2 Å². The number of fused-ring (bicyclic) bond motifs is 1. The van der Waals surface area contributed by atoms with Crippen LogP contribution in [-0.4, -0.2) is 20.3 Å². The Kier molecular flexibility index (Phi) is 5.42. The molecule has 2 aromatic carbocycles. The molecule has 7 heteroatoms. The molecule has 1 amide bonds. The van der Waals surface area contributed by atoms with Gasteiger partial charge in [-0.25, -0.2) is 9.07 Å². The zero-order chi connectivity index (χ0) is 22.1.